The zero-order chi connectivity index (χ0) is 13.5. The second kappa shape index (κ2) is 6.75. The summed E-state index contributed by atoms with van der Waals surface area (Å²) in [5.74, 6) is 0.428. The smallest absolute Gasteiger partial charge is 0.252 e. The Morgan fingerprint density at radius 2 is 2.16 bits per heavy atom. The third-order valence-electron chi connectivity index (χ3n) is 2.46. The second-order valence-electron chi connectivity index (χ2n) is 3.87. The molecule has 0 bridgehead atoms. The Labute approximate surface area is 114 Å². The normalized spacial score (nSPS) is 10.1. The van der Waals surface area contributed by atoms with E-state index in [1.807, 2.05) is 5.38 Å². The highest BCUT2D eigenvalue weighted by Crippen LogP contribution is 2.05. The largest absolute Gasteiger partial charge is 0.467 e. The van der Waals surface area contributed by atoms with Crippen molar-refractivity contribution < 1.29 is 14.0 Å². The highest BCUT2D eigenvalue weighted by Gasteiger charge is 2.07. The number of carbonyl (C=O) groups excluding carboxylic acids is 2. The van der Waals surface area contributed by atoms with Gasteiger partial charge < -0.3 is 15.1 Å². The first-order chi connectivity index (χ1) is 9.25. The van der Waals surface area contributed by atoms with Gasteiger partial charge in [-0.3, -0.25) is 9.59 Å². The topological polar surface area (TPSA) is 71.3 Å². The molecule has 0 aliphatic carbocycles. The van der Waals surface area contributed by atoms with Crippen molar-refractivity contribution in [2.75, 3.05) is 6.54 Å². The maximum absolute atomic E-state index is 11.6. The fraction of sp³-hybridized carbons (Fsp3) is 0.231. The second-order valence-corrected chi connectivity index (χ2v) is 4.65. The van der Waals surface area contributed by atoms with Crippen LogP contribution in [0.4, 0.5) is 0 Å². The average molecular weight is 278 g/mol. The minimum atomic E-state index is -0.153. The number of rotatable bonds is 6. The van der Waals surface area contributed by atoms with Gasteiger partial charge in [-0.05, 0) is 23.6 Å². The van der Waals surface area contributed by atoms with Gasteiger partial charge in [0.1, 0.15) is 5.76 Å². The predicted octanol–water partition coefficient (Wildman–Crippen LogP) is 1.78. The van der Waals surface area contributed by atoms with E-state index < -0.39 is 0 Å². The summed E-state index contributed by atoms with van der Waals surface area (Å²) < 4.78 is 5.09. The Morgan fingerprint density at radius 3 is 2.84 bits per heavy atom. The molecule has 100 valence electrons. The monoisotopic (exact) mass is 278 g/mol. The molecule has 0 aliphatic heterocycles. The summed E-state index contributed by atoms with van der Waals surface area (Å²) in [6.45, 7) is 0.684. The molecular weight excluding hydrogens is 264 g/mol. The van der Waals surface area contributed by atoms with E-state index in [0.29, 0.717) is 24.4 Å². The van der Waals surface area contributed by atoms with Gasteiger partial charge in [0.05, 0.1) is 12.8 Å². The lowest BCUT2D eigenvalue weighted by Gasteiger charge is -2.04. The van der Waals surface area contributed by atoms with Crippen molar-refractivity contribution in [1.82, 2.24) is 10.6 Å². The van der Waals surface area contributed by atoms with Crippen molar-refractivity contribution in [2.45, 2.75) is 13.0 Å². The van der Waals surface area contributed by atoms with Crippen molar-refractivity contribution >= 4 is 23.2 Å². The number of hydrogen-bond acceptors (Lipinski definition) is 4. The third-order valence-corrected chi connectivity index (χ3v) is 3.14. The van der Waals surface area contributed by atoms with E-state index in [2.05, 4.69) is 10.6 Å². The van der Waals surface area contributed by atoms with E-state index in [4.69, 9.17) is 4.42 Å². The molecule has 0 fully saturated rings. The molecule has 0 atom stereocenters. The minimum Gasteiger partial charge on any atom is -0.467 e. The van der Waals surface area contributed by atoms with Gasteiger partial charge in [-0.15, -0.1) is 0 Å². The van der Waals surface area contributed by atoms with Gasteiger partial charge in [0.25, 0.3) is 5.91 Å². The predicted molar refractivity (Wildman–Crippen MR) is 71.8 cm³/mol. The van der Waals surface area contributed by atoms with Gasteiger partial charge in [0.2, 0.25) is 5.91 Å². The Bertz CT molecular complexity index is 520. The van der Waals surface area contributed by atoms with Gasteiger partial charge >= 0.3 is 0 Å². The SMILES string of the molecule is O=C(CCNC(=O)c1ccsc1)NCc1ccco1. The van der Waals surface area contributed by atoms with Crippen LogP contribution in [-0.4, -0.2) is 18.4 Å². The Hall–Kier alpha value is -2.08. The molecule has 2 aromatic heterocycles. The lowest BCUT2D eigenvalue weighted by molar-refractivity contribution is -0.121. The van der Waals surface area contributed by atoms with Crippen LogP contribution in [0.15, 0.2) is 39.6 Å². The number of amides is 2. The van der Waals surface area contributed by atoms with Gasteiger partial charge in [-0.2, -0.15) is 11.3 Å². The number of carbonyl (C=O) groups is 2. The Kier molecular flexibility index (Phi) is 4.74. The van der Waals surface area contributed by atoms with Crippen LogP contribution in [0.1, 0.15) is 22.5 Å². The highest BCUT2D eigenvalue weighted by molar-refractivity contribution is 7.08. The van der Waals surface area contributed by atoms with E-state index in [1.165, 1.54) is 11.3 Å². The van der Waals surface area contributed by atoms with Crippen molar-refractivity contribution in [3.05, 3.63) is 46.5 Å². The molecule has 0 unspecified atom stereocenters. The van der Waals surface area contributed by atoms with Crippen LogP contribution in [0.2, 0.25) is 0 Å². The maximum Gasteiger partial charge on any atom is 0.252 e. The molecule has 5 nitrogen and oxygen atoms in total. The summed E-state index contributed by atoms with van der Waals surface area (Å²) in [6, 6.07) is 5.30. The van der Waals surface area contributed by atoms with Crippen LogP contribution >= 0.6 is 11.3 Å². The summed E-state index contributed by atoms with van der Waals surface area (Å²) in [5.41, 5.74) is 0.626. The van der Waals surface area contributed by atoms with E-state index in [1.54, 1.807) is 29.8 Å². The summed E-state index contributed by atoms with van der Waals surface area (Å²) in [6.07, 6.45) is 1.80. The van der Waals surface area contributed by atoms with Gasteiger partial charge in [-0.1, -0.05) is 0 Å². The number of thiophene rings is 1. The van der Waals surface area contributed by atoms with E-state index in [-0.39, 0.29) is 18.2 Å². The van der Waals surface area contributed by atoms with Crippen LogP contribution in [0.5, 0.6) is 0 Å². The van der Waals surface area contributed by atoms with Crippen LogP contribution < -0.4 is 10.6 Å². The molecule has 2 heterocycles. The molecule has 2 rings (SSSR count). The molecule has 2 amide bonds. The third kappa shape index (κ3) is 4.26. The fourth-order valence-electron chi connectivity index (χ4n) is 1.47. The molecule has 0 saturated heterocycles. The van der Waals surface area contributed by atoms with Crippen LogP contribution in [0.3, 0.4) is 0 Å². The number of furan rings is 1. The summed E-state index contributed by atoms with van der Waals surface area (Å²) in [5, 5.41) is 9.01. The highest BCUT2D eigenvalue weighted by atomic mass is 32.1. The molecule has 0 radical (unpaired) electrons. The van der Waals surface area contributed by atoms with E-state index >= 15 is 0 Å². The van der Waals surface area contributed by atoms with E-state index in [0.717, 1.165) is 0 Å². The van der Waals surface area contributed by atoms with E-state index in [9.17, 15) is 9.59 Å². The quantitative estimate of drug-likeness (QED) is 0.846. The number of nitrogens with one attached hydrogen (secondary N) is 2. The Balaban J connectivity index is 1.63. The van der Waals surface area contributed by atoms with Crippen LogP contribution in [0.25, 0.3) is 0 Å². The molecule has 2 N–H and O–H groups in total. The molecule has 0 aromatic carbocycles. The first kappa shape index (κ1) is 13.4. The molecule has 0 aliphatic rings. The fourth-order valence-corrected chi connectivity index (χ4v) is 2.11. The van der Waals surface area contributed by atoms with Crippen molar-refractivity contribution in [3.63, 3.8) is 0 Å². The average Bonchev–Trinajstić information content (AvgIpc) is 3.09. The van der Waals surface area contributed by atoms with Crippen molar-refractivity contribution in [3.8, 4) is 0 Å². The molecule has 0 saturated carbocycles. The minimum absolute atomic E-state index is 0.123. The molecular formula is C13H14N2O3S. The van der Waals surface area contributed by atoms with Gasteiger partial charge in [0, 0.05) is 23.9 Å². The van der Waals surface area contributed by atoms with Gasteiger partial charge in [0.15, 0.2) is 0 Å². The number of hydrogen-bond donors (Lipinski definition) is 2. The zero-order valence-corrected chi connectivity index (χ0v) is 11.0. The summed E-state index contributed by atoms with van der Waals surface area (Å²) in [4.78, 5) is 23.1. The van der Waals surface area contributed by atoms with Crippen LogP contribution in [-0.2, 0) is 11.3 Å². The molecule has 2 aromatic rings. The summed E-state index contributed by atoms with van der Waals surface area (Å²) >= 11 is 1.46. The zero-order valence-electron chi connectivity index (χ0n) is 10.2. The Morgan fingerprint density at radius 1 is 1.26 bits per heavy atom. The first-order valence-corrected chi connectivity index (χ1v) is 6.79. The maximum atomic E-state index is 11.6. The lowest BCUT2D eigenvalue weighted by atomic mass is 10.3. The molecule has 6 heteroatoms. The lowest BCUT2D eigenvalue weighted by Crippen LogP contribution is -2.30. The van der Waals surface area contributed by atoms with Crippen LogP contribution in [0, 0.1) is 0 Å². The van der Waals surface area contributed by atoms with Gasteiger partial charge in [-0.25, -0.2) is 0 Å². The molecule has 19 heavy (non-hydrogen) atoms. The summed E-state index contributed by atoms with van der Waals surface area (Å²) in [7, 11) is 0. The standard InChI is InChI=1S/C13H14N2O3S/c16-12(15-8-11-2-1-6-18-11)3-5-14-13(17)10-4-7-19-9-10/h1-2,4,6-7,9H,3,5,8H2,(H,14,17)(H,15,16). The first-order valence-electron chi connectivity index (χ1n) is 5.85. The molecule has 0 spiro atoms. The van der Waals surface area contributed by atoms with Crippen molar-refractivity contribution in [1.29, 1.82) is 0 Å². The van der Waals surface area contributed by atoms with Crippen molar-refractivity contribution in [2.24, 2.45) is 0 Å².